The monoisotopic (exact) mass is 328 g/mol. The molecule has 3 rings (SSSR count). The maximum absolute atomic E-state index is 5.60. The van der Waals surface area contributed by atoms with Crippen LogP contribution < -0.4 is 11.1 Å². The lowest BCUT2D eigenvalue weighted by Crippen LogP contribution is -2.05. The van der Waals surface area contributed by atoms with E-state index in [1.165, 1.54) is 16.3 Å². The Hall–Kier alpha value is -2.14. The molecule has 3 aromatic rings. The third-order valence-electron chi connectivity index (χ3n) is 3.09. The summed E-state index contributed by atoms with van der Waals surface area (Å²) in [6.45, 7) is 0.677. The van der Waals surface area contributed by atoms with E-state index < -0.39 is 0 Å². The number of benzene rings is 2. The van der Waals surface area contributed by atoms with E-state index in [1.54, 1.807) is 6.20 Å². The zero-order chi connectivity index (χ0) is 13.9. The summed E-state index contributed by atoms with van der Waals surface area (Å²) in [5.74, 6) is 0.957. The highest BCUT2D eigenvalue weighted by Gasteiger charge is 2.04. The number of aromatic nitrogens is 2. The van der Waals surface area contributed by atoms with E-state index in [0.29, 0.717) is 12.4 Å². The first-order chi connectivity index (χ1) is 9.74. The average molecular weight is 329 g/mol. The molecule has 1 heterocycles. The van der Waals surface area contributed by atoms with Gasteiger partial charge in [-0.3, -0.25) is 0 Å². The number of hydrogen-bond donors (Lipinski definition) is 2. The van der Waals surface area contributed by atoms with Crippen LogP contribution >= 0.6 is 15.9 Å². The summed E-state index contributed by atoms with van der Waals surface area (Å²) >= 11 is 3.41. The molecule has 4 nitrogen and oxygen atoms in total. The molecule has 0 saturated heterocycles. The smallest absolute Gasteiger partial charge is 0.221 e. The second kappa shape index (κ2) is 5.46. The van der Waals surface area contributed by atoms with Gasteiger partial charge in [0.25, 0.3) is 0 Å². The maximum atomic E-state index is 5.60. The number of rotatable bonds is 3. The van der Waals surface area contributed by atoms with Crippen LogP contribution in [0.3, 0.4) is 0 Å². The molecule has 100 valence electrons. The largest absolute Gasteiger partial charge is 0.368 e. The van der Waals surface area contributed by atoms with Crippen LogP contribution in [-0.2, 0) is 6.54 Å². The molecular formula is C15H13BrN4. The fourth-order valence-electron chi connectivity index (χ4n) is 2.13. The van der Waals surface area contributed by atoms with Crippen LogP contribution in [0.15, 0.2) is 53.1 Å². The number of hydrogen-bond acceptors (Lipinski definition) is 4. The standard InChI is InChI=1S/C15H13BrN4/c16-13-9-19-15(17)20-14(13)18-8-11-6-3-5-10-4-1-2-7-12(10)11/h1-7,9H,8H2,(H3,17,18,19,20). The maximum Gasteiger partial charge on any atom is 0.221 e. The molecular weight excluding hydrogens is 316 g/mol. The SMILES string of the molecule is Nc1ncc(Br)c(NCc2cccc3ccccc23)n1. The van der Waals surface area contributed by atoms with Crippen LogP contribution in [0.5, 0.6) is 0 Å². The normalized spacial score (nSPS) is 10.7. The van der Waals surface area contributed by atoms with Gasteiger partial charge in [0.05, 0.1) is 4.47 Å². The van der Waals surface area contributed by atoms with Gasteiger partial charge in [-0.1, -0.05) is 42.5 Å². The lowest BCUT2D eigenvalue weighted by molar-refractivity contribution is 1.09. The Morgan fingerprint density at radius 3 is 2.80 bits per heavy atom. The minimum Gasteiger partial charge on any atom is -0.368 e. The van der Waals surface area contributed by atoms with E-state index in [-0.39, 0.29) is 5.95 Å². The molecule has 0 aliphatic rings. The van der Waals surface area contributed by atoms with Gasteiger partial charge in [-0.15, -0.1) is 0 Å². The van der Waals surface area contributed by atoms with Crippen molar-refractivity contribution in [2.24, 2.45) is 0 Å². The minimum absolute atomic E-state index is 0.258. The van der Waals surface area contributed by atoms with Gasteiger partial charge in [0.15, 0.2) is 0 Å². The predicted octanol–water partition coefficient (Wildman–Crippen LogP) is 3.59. The van der Waals surface area contributed by atoms with Gasteiger partial charge in [0, 0.05) is 12.7 Å². The van der Waals surface area contributed by atoms with E-state index >= 15 is 0 Å². The van der Waals surface area contributed by atoms with E-state index in [4.69, 9.17) is 5.73 Å². The second-order valence-electron chi connectivity index (χ2n) is 4.42. The molecule has 0 aliphatic heterocycles. The lowest BCUT2D eigenvalue weighted by atomic mass is 10.0. The second-order valence-corrected chi connectivity index (χ2v) is 5.27. The van der Waals surface area contributed by atoms with Gasteiger partial charge in [0.2, 0.25) is 5.95 Å². The molecule has 0 aliphatic carbocycles. The van der Waals surface area contributed by atoms with Gasteiger partial charge in [-0.05, 0) is 32.3 Å². The molecule has 0 radical (unpaired) electrons. The van der Waals surface area contributed by atoms with Crippen LogP contribution in [0.2, 0.25) is 0 Å². The fourth-order valence-corrected chi connectivity index (χ4v) is 2.46. The molecule has 3 N–H and O–H groups in total. The van der Waals surface area contributed by atoms with E-state index in [2.05, 4.69) is 61.5 Å². The van der Waals surface area contributed by atoms with Crippen molar-refractivity contribution < 1.29 is 0 Å². The van der Waals surface area contributed by atoms with Gasteiger partial charge in [0.1, 0.15) is 5.82 Å². The highest BCUT2D eigenvalue weighted by atomic mass is 79.9. The average Bonchev–Trinajstić information content (AvgIpc) is 2.48. The minimum atomic E-state index is 0.258. The Balaban J connectivity index is 1.89. The zero-order valence-electron chi connectivity index (χ0n) is 10.7. The Bertz CT molecular complexity index is 752. The van der Waals surface area contributed by atoms with Crippen molar-refractivity contribution >= 4 is 38.5 Å². The van der Waals surface area contributed by atoms with Crippen molar-refractivity contribution in [1.29, 1.82) is 0 Å². The lowest BCUT2D eigenvalue weighted by Gasteiger charge is -2.10. The summed E-state index contributed by atoms with van der Waals surface area (Å²) in [6, 6.07) is 14.6. The topological polar surface area (TPSA) is 63.8 Å². The van der Waals surface area contributed by atoms with Crippen LogP contribution in [0, 0.1) is 0 Å². The first-order valence-corrected chi connectivity index (χ1v) is 7.02. The predicted molar refractivity (Wildman–Crippen MR) is 85.4 cm³/mol. The van der Waals surface area contributed by atoms with Crippen molar-refractivity contribution in [3.63, 3.8) is 0 Å². The van der Waals surface area contributed by atoms with Crippen molar-refractivity contribution in [3.8, 4) is 0 Å². The highest BCUT2D eigenvalue weighted by molar-refractivity contribution is 9.10. The Morgan fingerprint density at radius 2 is 1.90 bits per heavy atom. The Kier molecular flexibility index (Phi) is 3.52. The molecule has 0 saturated carbocycles. The van der Waals surface area contributed by atoms with Crippen LogP contribution in [-0.4, -0.2) is 9.97 Å². The quantitative estimate of drug-likeness (QED) is 0.771. The molecule has 0 bridgehead atoms. The molecule has 0 spiro atoms. The summed E-state index contributed by atoms with van der Waals surface area (Å²) < 4.78 is 0.798. The Labute approximate surface area is 125 Å². The molecule has 0 atom stereocenters. The molecule has 0 amide bonds. The molecule has 0 fully saturated rings. The van der Waals surface area contributed by atoms with Crippen molar-refractivity contribution in [2.75, 3.05) is 11.1 Å². The van der Waals surface area contributed by atoms with Crippen molar-refractivity contribution in [2.45, 2.75) is 6.54 Å². The number of halogens is 1. The van der Waals surface area contributed by atoms with Crippen molar-refractivity contribution in [1.82, 2.24) is 9.97 Å². The number of nitrogens with two attached hydrogens (primary N) is 1. The first-order valence-electron chi connectivity index (χ1n) is 6.22. The Morgan fingerprint density at radius 1 is 1.10 bits per heavy atom. The van der Waals surface area contributed by atoms with Gasteiger partial charge in [-0.25, -0.2) is 4.98 Å². The van der Waals surface area contributed by atoms with Gasteiger partial charge in [-0.2, -0.15) is 4.98 Å². The fraction of sp³-hybridized carbons (Fsp3) is 0.0667. The molecule has 5 heteroatoms. The van der Waals surface area contributed by atoms with E-state index in [0.717, 1.165) is 4.47 Å². The first kappa shape index (κ1) is 12.9. The molecule has 20 heavy (non-hydrogen) atoms. The van der Waals surface area contributed by atoms with Gasteiger partial charge >= 0.3 is 0 Å². The number of fused-ring (bicyclic) bond motifs is 1. The molecule has 1 aromatic heterocycles. The number of nitrogens with one attached hydrogen (secondary N) is 1. The molecule has 0 unspecified atom stereocenters. The summed E-state index contributed by atoms with van der Waals surface area (Å²) in [4.78, 5) is 8.10. The number of anilines is 2. The van der Waals surface area contributed by atoms with Crippen LogP contribution in [0.1, 0.15) is 5.56 Å². The third kappa shape index (κ3) is 2.58. The van der Waals surface area contributed by atoms with Crippen molar-refractivity contribution in [3.05, 3.63) is 58.7 Å². The summed E-state index contributed by atoms with van der Waals surface area (Å²) in [5.41, 5.74) is 6.82. The van der Waals surface area contributed by atoms with Gasteiger partial charge < -0.3 is 11.1 Å². The number of nitrogens with zero attached hydrogens (tertiary/aromatic N) is 2. The highest BCUT2D eigenvalue weighted by Crippen LogP contribution is 2.22. The van der Waals surface area contributed by atoms with Crippen LogP contribution in [0.25, 0.3) is 10.8 Å². The van der Waals surface area contributed by atoms with Crippen LogP contribution in [0.4, 0.5) is 11.8 Å². The van der Waals surface area contributed by atoms with E-state index in [9.17, 15) is 0 Å². The zero-order valence-corrected chi connectivity index (χ0v) is 12.3. The molecule has 2 aromatic carbocycles. The summed E-state index contributed by atoms with van der Waals surface area (Å²) in [7, 11) is 0. The third-order valence-corrected chi connectivity index (χ3v) is 3.67. The van der Waals surface area contributed by atoms with E-state index in [1.807, 2.05) is 12.1 Å². The number of nitrogen functional groups attached to an aromatic ring is 1. The summed E-state index contributed by atoms with van der Waals surface area (Å²) in [5, 5.41) is 5.75. The summed E-state index contributed by atoms with van der Waals surface area (Å²) in [6.07, 6.45) is 1.65.